The summed E-state index contributed by atoms with van der Waals surface area (Å²) >= 11 is 0. The van der Waals surface area contributed by atoms with E-state index in [2.05, 4.69) is 30.6 Å². The first-order valence-electron chi connectivity index (χ1n) is 6.44. The van der Waals surface area contributed by atoms with E-state index < -0.39 is 0 Å². The van der Waals surface area contributed by atoms with E-state index in [9.17, 15) is 0 Å². The fraction of sp³-hybridized carbons (Fsp3) is 0.846. The molecule has 0 amide bonds. The highest BCUT2D eigenvalue weighted by molar-refractivity contribution is 4.90. The average molecular weight is 226 g/mol. The number of nitrogens with zero attached hydrogens (tertiary/aromatic N) is 1. The van der Waals surface area contributed by atoms with Gasteiger partial charge in [0.25, 0.3) is 0 Å². The Morgan fingerprint density at radius 3 is 3.06 bits per heavy atom. The van der Waals surface area contributed by atoms with Crippen LogP contribution in [0.25, 0.3) is 0 Å². The maximum absolute atomic E-state index is 5.70. The van der Waals surface area contributed by atoms with E-state index in [1.807, 2.05) is 0 Å². The molecule has 16 heavy (non-hydrogen) atoms. The SMILES string of the molecule is C=C(C)CNCCCN1CCC[C@@H]1OCC. The number of nitrogens with one attached hydrogen (secondary N) is 1. The molecule has 1 heterocycles. The zero-order valence-corrected chi connectivity index (χ0v) is 10.8. The second kappa shape index (κ2) is 7.82. The summed E-state index contributed by atoms with van der Waals surface area (Å²) in [6.07, 6.45) is 4.06. The molecule has 0 spiro atoms. The highest BCUT2D eigenvalue weighted by Gasteiger charge is 2.23. The predicted octanol–water partition coefficient (Wildman–Crippen LogP) is 2.00. The summed E-state index contributed by atoms with van der Waals surface area (Å²) in [4.78, 5) is 2.46. The number of hydrogen-bond donors (Lipinski definition) is 1. The smallest absolute Gasteiger partial charge is 0.110 e. The Labute approximate surface area is 99.8 Å². The van der Waals surface area contributed by atoms with E-state index in [-0.39, 0.29) is 0 Å². The molecule has 0 aromatic heterocycles. The van der Waals surface area contributed by atoms with Gasteiger partial charge in [0.2, 0.25) is 0 Å². The summed E-state index contributed by atoms with van der Waals surface area (Å²) in [5.74, 6) is 0. The molecule has 1 saturated heterocycles. The van der Waals surface area contributed by atoms with Crippen LogP contribution in [0, 0.1) is 0 Å². The molecule has 3 heteroatoms. The standard InChI is InChI=1S/C13H26N2O/c1-4-16-13-7-5-9-15(13)10-6-8-14-11-12(2)3/h13-14H,2,4-11H2,1,3H3/t13-/m0/s1. The van der Waals surface area contributed by atoms with Crippen LogP contribution >= 0.6 is 0 Å². The van der Waals surface area contributed by atoms with Crippen molar-refractivity contribution in [3.8, 4) is 0 Å². The predicted molar refractivity (Wildman–Crippen MR) is 68.5 cm³/mol. The summed E-state index contributed by atoms with van der Waals surface area (Å²) in [6, 6.07) is 0. The summed E-state index contributed by atoms with van der Waals surface area (Å²) in [5, 5.41) is 3.39. The molecule has 1 aliphatic rings. The first-order chi connectivity index (χ1) is 7.74. The quantitative estimate of drug-likeness (QED) is 0.506. The maximum atomic E-state index is 5.70. The maximum Gasteiger partial charge on any atom is 0.110 e. The summed E-state index contributed by atoms with van der Waals surface area (Å²) in [5.41, 5.74) is 1.20. The van der Waals surface area contributed by atoms with Crippen LogP contribution in [0.4, 0.5) is 0 Å². The molecule has 0 saturated carbocycles. The van der Waals surface area contributed by atoms with E-state index >= 15 is 0 Å². The lowest BCUT2D eigenvalue weighted by atomic mass is 10.3. The van der Waals surface area contributed by atoms with Crippen molar-refractivity contribution < 1.29 is 4.74 Å². The molecule has 1 aliphatic heterocycles. The van der Waals surface area contributed by atoms with Gasteiger partial charge in [0, 0.05) is 26.2 Å². The minimum atomic E-state index is 0.381. The number of hydrogen-bond acceptors (Lipinski definition) is 3. The molecule has 0 radical (unpaired) electrons. The topological polar surface area (TPSA) is 24.5 Å². The molecule has 1 atom stereocenters. The molecular weight excluding hydrogens is 200 g/mol. The van der Waals surface area contributed by atoms with E-state index in [1.165, 1.54) is 31.4 Å². The molecule has 1 rings (SSSR count). The molecule has 0 bridgehead atoms. The van der Waals surface area contributed by atoms with Gasteiger partial charge in [-0.25, -0.2) is 0 Å². The number of likely N-dealkylation sites (tertiary alicyclic amines) is 1. The zero-order valence-electron chi connectivity index (χ0n) is 10.8. The third kappa shape index (κ3) is 5.10. The van der Waals surface area contributed by atoms with E-state index in [1.54, 1.807) is 0 Å². The molecule has 0 aliphatic carbocycles. The van der Waals surface area contributed by atoms with Crippen molar-refractivity contribution >= 4 is 0 Å². The van der Waals surface area contributed by atoms with Gasteiger partial charge < -0.3 is 10.1 Å². The minimum absolute atomic E-state index is 0.381. The van der Waals surface area contributed by atoms with Crippen molar-refractivity contribution in [1.29, 1.82) is 0 Å². The van der Waals surface area contributed by atoms with Gasteiger partial charge in [0.05, 0.1) is 0 Å². The van der Waals surface area contributed by atoms with Crippen LogP contribution in [0.1, 0.15) is 33.1 Å². The van der Waals surface area contributed by atoms with Gasteiger partial charge in [-0.3, -0.25) is 4.90 Å². The first kappa shape index (κ1) is 13.7. The van der Waals surface area contributed by atoms with Crippen molar-refractivity contribution in [3.63, 3.8) is 0 Å². The summed E-state index contributed by atoms with van der Waals surface area (Å²) in [6.45, 7) is 13.2. The van der Waals surface area contributed by atoms with Crippen LogP contribution in [0.15, 0.2) is 12.2 Å². The second-order valence-electron chi connectivity index (χ2n) is 4.58. The van der Waals surface area contributed by atoms with Gasteiger partial charge in [-0.2, -0.15) is 0 Å². The molecule has 1 N–H and O–H groups in total. The highest BCUT2D eigenvalue weighted by Crippen LogP contribution is 2.17. The first-order valence-corrected chi connectivity index (χ1v) is 6.44. The van der Waals surface area contributed by atoms with Gasteiger partial charge in [0.15, 0.2) is 0 Å². The molecule has 0 aromatic carbocycles. The van der Waals surface area contributed by atoms with Crippen molar-refractivity contribution in [3.05, 3.63) is 12.2 Å². The van der Waals surface area contributed by atoms with Crippen LogP contribution in [-0.4, -0.2) is 43.9 Å². The number of rotatable bonds is 8. The van der Waals surface area contributed by atoms with E-state index in [0.29, 0.717) is 6.23 Å². The Bertz CT molecular complexity index is 206. The molecule has 0 unspecified atom stereocenters. The van der Waals surface area contributed by atoms with E-state index in [4.69, 9.17) is 4.74 Å². The van der Waals surface area contributed by atoms with Crippen molar-refractivity contribution in [1.82, 2.24) is 10.2 Å². The van der Waals surface area contributed by atoms with Crippen LogP contribution in [0.2, 0.25) is 0 Å². The van der Waals surface area contributed by atoms with Crippen molar-refractivity contribution in [2.75, 3.05) is 32.8 Å². The summed E-state index contributed by atoms with van der Waals surface area (Å²) in [7, 11) is 0. The Morgan fingerprint density at radius 2 is 2.38 bits per heavy atom. The largest absolute Gasteiger partial charge is 0.363 e. The van der Waals surface area contributed by atoms with E-state index in [0.717, 1.165) is 26.2 Å². The molecule has 1 fully saturated rings. The van der Waals surface area contributed by atoms with Gasteiger partial charge >= 0.3 is 0 Å². The van der Waals surface area contributed by atoms with Crippen molar-refractivity contribution in [2.24, 2.45) is 0 Å². The average Bonchev–Trinajstić information content (AvgIpc) is 2.65. The lowest BCUT2D eigenvalue weighted by Gasteiger charge is -2.23. The monoisotopic (exact) mass is 226 g/mol. The minimum Gasteiger partial charge on any atom is -0.363 e. The van der Waals surface area contributed by atoms with Crippen LogP contribution in [-0.2, 0) is 4.74 Å². The Hall–Kier alpha value is -0.380. The van der Waals surface area contributed by atoms with Gasteiger partial charge in [-0.05, 0) is 39.7 Å². The third-order valence-electron chi connectivity index (χ3n) is 2.89. The molecular formula is C13H26N2O. The lowest BCUT2D eigenvalue weighted by molar-refractivity contribution is -0.0294. The Balaban J connectivity index is 2.05. The lowest BCUT2D eigenvalue weighted by Crippen LogP contribution is -2.34. The molecule has 94 valence electrons. The second-order valence-corrected chi connectivity index (χ2v) is 4.58. The van der Waals surface area contributed by atoms with Crippen LogP contribution in [0.3, 0.4) is 0 Å². The number of ether oxygens (including phenoxy) is 1. The Morgan fingerprint density at radius 1 is 1.56 bits per heavy atom. The molecule has 0 aromatic rings. The van der Waals surface area contributed by atoms with Gasteiger partial charge in [0.1, 0.15) is 6.23 Å². The highest BCUT2D eigenvalue weighted by atomic mass is 16.5. The normalized spacial score (nSPS) is 21.5. The molecule has 3 nitrogen and oxygen atoms in total. The Kier molecular flexibility index (Phi) is 6.69. The van der Waals surface area contributed by atoms with Gasteiger partial charge in [-0.1, -0.05) is 12.2 Å². The van der Waals surface area contributed by atoms with Crippen LogP contribution in [0.5, 0.6) is 0 Å². The zero-order chi connectivity index (χ0) is 11.8. The van der Waals surface area contributed by atoms with Crippen molar-refractivity contribution in [2.45, 2.75) is 39.3 Å². The summed E-state index contributed by atoms with van der Waals surface area (Å²) < 4.78 is 5.70. The third-order valence-corrected chi connectivity index (χ3v) is 2.89. The van der Waals surface area contributed by atoms with Crippen LogP contribution < -0.4 is 5.32 Å². The fourth-order valence-corrected chi connectivity index (χ4v) is 2.14. The van der Waals surface area contributed by atoms with Gasteiger partial charge in [-0.15, -0.1) is 0 Å². The fourth-order valence-electron chi connectivity index (χ4n) is 2.14.